The average molecular weight is 341 g/mol. The van der Waals surface area contributed by atoms with Gasteiger partial charge in [0.15, 0.2) is 0 Å². The van der Waals surface area contributed by atoms with Crippen molar-refractivity contribution < 1.29 is 9.53 Å². The summed E-state index contributed by atoms with van der Waals surface area (Å²) in [7, 11) is 2.05. The quantitative estimate of drug-likeness (QED) is 0.710. The van der Waals surface area contributed by atoms with Crippen molar-refractivity contribution in [2.24, 2.45) is 0 Å². The number of amides is 2. The number of carbonyl (C=O) groups excluding carboxylic acids is 1. The monoisotopic (exact) mass is 341 g/mol. The van der Waals surface area contributed by atoms with E-state index in [1.165, 1.54) is 5.69 Å². The third-order valence-corrected chi connectivity index (χ3v) is 3.64. The van der Waals surface area contributed by atoms with E-state index in [9.17, 15) is 4.79 Å². The minimum Gasteiger partial charge on any atom is -0.491 e. The van der Waals surface area contributed by atoms with Crippen molar-refractivity contribution in [2.75, 3.05) is 30.4 Å². The van der Waals surface area contributed by atoms with Crippen LogP contribution in [0.3, 0.4) is 0 Å². The summed E-state index contributed by atoms with van der Waals surface area (Å²) in [4.78, 5) is 14.1. The fourth-order valence-corrected chi connectivity index (χ4v) is 2.39. The lowest BCUT2D eigenvalue weighted by Gasteiger charge is -2.19. The summed E-state index contributed by atoms with van der Waals surface area (Å²) in [5.74, 6) is 0.796. The Kier molecular flexibility index (Phi) is 7.14. The van der Waals surface area contributed by atoms with E-state index in [0.717, 1.165) is 24.4 Å². The number of anilines is 2. The Hall–Kier alpha value is -2.69. The Balaban J connectivity index is 1.67. The number of hydrogen-bond acceptors (Lipinski definition) is 3. The third-order valence-electron chi connectivity index (χ3n) is 3.64. The van der Waals surface area contributed by atoms with Crippen LogP contribution >= 0.6 is 0 Å². The molecular formula is C20H27N3O2. The number of carbonyl (C=O) groups is 1. The van der Waals surface area contributed by atoms with Crippen molar-refractivity contribution in [3.8, 4) is 5.75 Å². The highest BCUT2D eigenvalue weighted by Gasteiger charge is 2.04. The van der Waals surface area contributed by atoms with E-state index in [1.807, 2.05) is 56.3 Å². The van der Waals surface area contributed by atoms with Crippen LogP contribution in [0.5, 0.6) is 5.75 Å². The molecule has 0 heterocycles. The van der Waals surface area contributed by atoms with E-state index >= 15 is 0 Å². The van der Waals surface area contributed by atoms with Crippen LogP contribution in [0.2, 0.25) is 0 Å². The molecule has 0 aliphatic rings. The summed E-state index contributed by atoms with van der Waals surface area (Å²) in [6.07, 6.45) is 1.01. The van der Waals surface area contributed by atoms with Gasteiger partial charge in [-0.3, -0.25) is 0 Å². The van der Waals surface area contributed by atoms with E-state index < -0.39 is 0 Å². The van der Waals surface area contributed by atoms with Crippen LogP contribution in [-0.4, -0.2) is 32.3 Å². The number of rotatable bonds is 8. The van der Waals surface area contributed by atoms with Crippen LogP contribution in [0.4, 0.5) is 16.2 Å². The molecule has 5 heteroatoms. The number of hydrogen-bond donors (Lipinski definition) is 2. The van der Waals surface area contributed by atoms with Crippen LogP contribution in [0.25, 0.3) is 0 Å². The highest BCUT2D eigenvalue weighted by atomic mass is 16.5. The molecule has 2 N–H and O–H groups in total. The van der Waals surface area contributed by atoms with Gasteiger partial charge in [-0.2, -0.15) is 0 Å². The van der Waals surface area contributed by atoms with Gasteiger partial charge < -0.3 is 20.3 Å². The van der Waals surface area contributed by atoms with E-state index in [4.69, 9.17) is 4.74 Å². The molecule has 0 saturated carbocycles. The number of urea groups is 1. The minimum absolute atomic E-state index is 0.135. The van der Waals surface area contributed by atoms with Crippen molar-refractivity contribution in [1.82, 2.24) is 5.32 Å². The Bertz CT molecular complexity index is 642. The van der Waals surface area contributed by atoms with E-state index in [1.54, 1.807) is 0 Å². The van der Waals surface area contributed by atoms with Gasteiger partial charge in [-0.15, -0.1) is 0 Å². The van der Waals surface area contributed by atoms with E-state index in [-0.39, 0.29) is 12.1 Å². The van der Waals surface area contributed by atoms with Crippen molar-refractivity contribution in [2.45, 2.75) is 26.4 Å². The second-order valence-corrected chi connectivity index (χ2v) is 6.18. The van der Waals surface area contributed by atoms with Gasteiger partial charge in [0, 0.05) is 31.5 Å². The maximum absolute atomic E-state index is 11.9. The highest BCUT2D eigenvalue weighted by Crippen LogP contribution is 2.16. The number of nitrogens with zero attached hydrogens (tertiary/aromatic N) is 1. The molecular weight excluding hydrogens is 314 g/mol. The van der Waals surface area contributed by atoms with Crippen LogP contribution in [0.15, 0.2) is 54.6 Å². The van der Waals surface area contributed by atoms with Gasteiger partial charge in [-0.05, 0) is 56.7 Å². The van der Waals surface area contributed by atoms with Crippen molar-refractivity contribution >= 4 is 17.4 Å². The molecule has 0 atom stereocenters. The standard InChI is InChI=1S/C20H27N3O2/c1-16(2)25-19-12-10-17(11-13-19)22-20(24)21-14-7-15-23(3)18-8-5-4-6-9-18/h4-6,8-13,16H,7,14-15H2,1-3H3,(H2,21,22,24). The van der Waals surface area contributed by atoms with Gasteiger partial charge >= 0.3 is 6.03 Å². The lowest BCUT2D eigenvalue weighted by atomic mass is 10.3. The zero-order valence-electron chi connectivity index (χ0n) is 15.2. The topological polar surface area (TPSA) is 53.6 Å². The Morgan fingerprint density at radius 3 is 2.40 bits per heavy atom. The second kappa shape index (κ2) is 9.57. The first kappa shape index (κ1) is 18.6. The predicted molar refractivity (Wildman–Crippen MR) is 104 cm³/mol. The zero-order valence-corrected chi connectivity index (χ0v) is 15.2. The largest absolute Gasteiger partial charge is 0.491 e. The van der Waals surface area contributed by atoms with Crippen LogP contribution in [0, 0.1) is 0 Å². The maximum Gasteiger partial charge on any atom is 0.319 e. The first-order valence-electron chi connectivity index (χ1n) is 8.62. The Morgan fingerprint density at radius 2 is 1.76 bits per heavy atom. The molecule has 0 unspecified atom stereocenters. The SMILES string of the molecule is CC(C)Oc1ccc(NC(=O)NCCCN(C)c2ccccc2)cc1. The highest BCUT2D eigenvalue weighted by molar-refractivity contribution is 5.89. The molecule has 25 heavy (non-hydrogen) atoms. The molecule has 0 bridgehead atoms. The Labute approximate surface area is 150 Å². The first-order chi connectivity index (χ1) is 12.0. The molecule has 0 spiro atoms. The number of nitrogens with one attached hydrogen (secondary N) is 2. The molecule has 0 fully saturated rings. The smallest absolute Gasteiger partial charge is 0.319 e. The fourth-order valence-electron chi connectivity index (χ4n) is 2.39. The summed E-state index contributed by atoms with van der Waals surface area (Å²) >= 11 is 0. The van der Waals surface area contributed by atoms with Gasteiger partial charge in [0.2, 0.25) is 0 Å². The van der Waals surface area contributed by atoms with Crippen LogP contribution in [-0.2, 0) is 0 Å². The molecule has 134 valence electrons. The molecule has 0 aliphatic carbocycles. The molecule has 2 aromatic rings. The fraction of sp³-hybridized carbons (Fsp3) is 0.350. The van der Waals surface area contributed by atoms with Crippen LogP contribution in [0.1, 0.15) is 20.3 Å². The maximum atomic E-state index is 11.9. The summed E-state index contributed by atoms with van der Waals surface area (Å²) in [6.45, 7) is 5.47. The summed E-state index contributed by atoms with van der Waals surface area (Å²) in [5, 5.41) is 5.70. The predicted octanol–water partition coefficient (Wildman–Crippen LogP) is 4.12. The van der Waals surface area contributed by atoms with Gasteiger partial charge in [-0.25, -0.2) is 4.79 Å². The molecule has 5 nitrogen and oxygen atoms in total. The van der Waals surface area contributed by atoms with Crippen molar-refractivity contribution in [3.05, 3.63) is 54.6 Å². The van der Waals surface area contributed by atoms with Gasteiger partial charge in [0.25, 0.3) is 0 Å². The molecule has 0 radical (unpaired) electrons. The van der Waals surface area contributed by atoms with E-state index in [2.05, 4.69) is 34.7 Å². The summed E-state index contributed by atoms with van der Waals surface area (Å²) in [5.41, 5.74) is 1.92. The normalized spacial score (nSPS) is 10.4. The average Bonchev–Trinajstić information content (AvgIpc) is 2.60. The van der Waals surface area contributed by atoms with Gasteiger partial charge in [0.05, 0.1) is 6.10 Å². The number of benzene rings is 2. The van der Waals surface area contributed by atoms with E-state index in [0.29, 0.717) is 6.54 Å². The molecule has 0 aliphatic heterocycles. The molecule has 0 saturated heterocycles. The molecule has 2 aromatic carbocycles. The Morgan fingerprint density at radius 1 is 1.08 bits per heavy atom. The molecule has 2 rings (SSSR count). The summed E-state index contributed by atoms with van der Waals surface area (Å²) < 4.78 is 5.58. The number of ether oxygens (including phenoxy) is 1. The molecule has 0 aromatic heterocycles. The number of para-hydroxylation sites is 1. The molecule has 2 amide bonds. The van der Waals surface area contributed by atoms with Crippen molar-refractivity contribution in [1.29, 1.82) is 0 Å². The van der Waals surface area contributed by atoms with Crippen molar-refractivity contribution in [3.63, 3.8) is 0 Å². The van der Waals surface area contributed by atoms with Gasteiger partial charge in [-0.1, -0.05) is 18.2 Å². The van der Waals surface area contributed by atoms with Crippen LogP contribution < -0.4 is 20.3 Å². The third kappa shape index (κ3) is 6.75. The van der Waals surface area contributed by atoms with Gasteiger partial charge in [0.1, 0.15) is 5.75 Å². The lowest BCUT2D eigenvalue weighted by Crippen LogP contribution is -2.31. The minimum atomic E-state index is -0.195. The summed E-state index contributed by atoms with van der Waals surface area (Å²) in [6, 6.07) is 17.4. The first-order valence-corrected chi connectivity index (χ1v) is 8.62. The second-order valence-electron chi connectivity index (χ2n) is 6.18. The lowest BCUT2D eigenvalue weighted by molar-refractivity contribution is 0.242. The zero-order chi connectivity index (χ0) is 18.1.